The minimum atomic E-state index is -4.55. The van der Waals surface area contributed by atoms with Gasteiger partial charge in [-0.15, -0.1) is 0 Å². The number of carbonyl (C=O) groups is 1. The summed E-state index contributed by atoms with van der Waals surface area (Å²) in [6.07, 6.45) is -4.55. The number of alkyl halides is 3. The third kappa shape index (κ3) is 6.46. The lowest BCUT2D eigenvalue weighted by Gasteiger charge is -2.27. The highest BCUT2D eigenvalue weighted by atomic mass is 19.4. The second kappa shape index (κ2) is 9.50. The highest BCUT2D eigenvalue weighted by Crippen LogP contribution is 2.34. The zero-order chi connectivity index (χ0) is 23.5. The average Bonchev–Trinajstić information content (AvgIpc) is 2.69. The molecule has 0 bridgehead atoms. The number of hydrogen-bond donors (Lipinski definition) is 2. The Morgan fingerprint density at radius 2 is 1.75 bits per heavy atom. The molecule has 32 heavy (non-hydrogen) atoms. The largest absolute Gasteiger partial charge is 0.416 e. The molecule has 0 aromatic heterocycles. The van der Waals surface area contributed by atoms with Crippen molar-refractivity contribution < 1.29 is 22.7 Å². The van der Waals surface area contributed by atoms with Crippen LogP contribution >= 0.6 is 0 Å². The third-order valence-electron chi connectivity index (χ3n) is 5.18. The molecule has 1 heterocycles. The fourth-order valence-corrected chi connectivity index (χ4v) is 3.56. The Morgan fingerprint density at radius 1 is 1.06 bits per heavy atom. The Bertz CT molecular complexity index is 962. The topological polar surface area (TPSA) is 53.6 Å². The zero-order valence-corrected chi connectivity index (χ0v) is 18.9. The second-order valence-electron chi connectivity index (χ2n) is 9.12. The minimum absolute atomic E-state index is 0.0334. The summed E-state index contributed by atoms with van der Waals surface area (Å²) in [6, 6.07) is 9.16. The summed E-state index contributed by atoms with van der Waals surface area (Å²) in [5, 5.41) is 6.08. The summed E-state index contributed by atoms with van der Waals surface area (Å²) in [6.45, 7) is 10.4. The van der Waals surface area contributed by atoms with Crippen LogP contribution in [0.25, 0.3) is 0 Å². The SMILES string of the molecule is Cc1ccc(NC(=O)c2ccc(CN3CCOCC3)c(C(F)(F)F)c2)cc1NC(C)(C)C. The van der Waals surface area contributed by atoms with Crippen molar-refractivity contribution in [3.8, 4) is 0 Å². The first kappa shape index (κ1) is 24.1. The lowest BCUT2D eigenvalue weighted by molar-refractivity contribution is -0.138. The van der Waals surface area contributed by atoms with Crippen LogP contribution in [0.3, 0.4) is 0 Å². The van der Waals surface area contributed by atoms with Crippen LogP contribution < -0.4 is 10.6 Å². The van der Waals surface area contributed by atoms with Crippen LogP contribution in [0.4, 0.5) is 24.5 Å². The van der Waals surface area contributed by atoms with Gasteiger partial charge < -0.3 is 15.4 Å². The summed E-state index contributed by atoms with van der Waals surface area (Å²) in [5.74, 6) is -0.584. The van der Waals surface area contributed by atoms with Gasteiger partial charge in [0, 0.05) is 42.1 Å². The molecule has 2 N–H and O–H groups in total. The summed E-state index contributed by atoms with van der Waals surface area (Å²) >= 11 is 0. The molecule has 0 spiro atoms. The Morgan fingerprint density at radius 3 is 2.38 bits per heavy atom. The van der Waals surface area contributed by atoms with Crippen LogP contribution in [-0.2, 0) is 17.5 Å². The van der Waals surface area contributed by atoms with Gasteiger partial charge in [-0.3, -0.25) is 9.69 Å². The van der Waals surface area contributed by atoms with E-state index in [1.54, 1.807) is 12.1 Å². The number of ether oxygens (including phenoxy) is 1. The number of carbonyl (C=O) groups excluding carboxylic acids is 1. The molecule has 2 aromatic rings. The van der Waals surface area contributed by atoms with E-state index in [0.29, 0.717) is 32.0 Å². The molecular formula is C24H30F3N3O2. The van der Waals surface area contributed by atoms with E-state index in [1.807, 2.05) is 38.7 Å². The molecule has 0 radical (unpaired) electrons. The molecule has 8 heteroatoms. The van der Waals surface area contributed by atoms with Crippen molar-refractivity contribution >= 4 is 17.3 Å². The van der Waals surface area contributed by atoms with Crippen molar-refractivity contribution in [3.63, 3.8) is 0 Å². The first-order valence-corrected chi connectivity index (χ1v) is 10.6. The number of amides is 1. The van der Waals surface area contributed by atoms with Crippen molar-refractivity contribution in [2.75, 3.05) is 36.9 Å². The van der Waals surface area contributed by atoms with E-state index in [9.17, 15) is 18.0 Å². The normalized spacial score (nSPS) is 15.5. The third-order valence-corrected chi connectivity index (χ3v) is 5.18. The van der Waals surface area contributed by atoms with Crippen LogP contribution in [0.5, 0.6) is 0 Å². The van der Waals surface area contributed by atoms with Gasteiger partial charge in [-0.1, -0.05) is 12.1 Å². The maximum Gasteiger partial charge on any atom is 0.416 e. The number of morpholine rings is 1. The molecule has 1 amide bonds. The number of benzene rings is 2. The number of aryl methyl sites for hydroxylation is 1. The molecule has 0 aliphatic carbocycles. The molecule has 174 valence electrons. The average molecular weight is 450 g/mol. The number of nitrogens with one attached hydrogen (secondary N) is 2. The van der Waals surface area contributed by atoms with E-state index >= 15 is 0 Å². The monoisotopic (exact) mass is 449 g/mol. The summed E-state index contributed by atoms with van der Waals surface area (Å²) in [5.41, 5.74) is 1.54. The van der Waals surface area contributed by atoms with Crippen molar-refractivity contribution in [1.82, 2.24) is 4.90 Å². The van der Waals surface area contributed by atoms with Crippen LogP contribution in [-0.4, -0.2) is 42.6 Å². The van der Waals surface area contributed by atoms with E-state index in [4.69, 9.17) is 4.74 Å². The Balaban J connectivity index is 1.81. The number of nitrogens with zero attached hydrogens (tertiary/aromatic N) is 1. The molecule has 1 fully saturated rings. The number of hydrogen-bond acceptors (Lipinski definition) is 4. The Kier molecular flexibility index (Phi) is 7.15. The molecule has 5 nitrogen and oxygen atoms in total. The van der Waals surface area contributed by atoms with E-state index in [-0.39, 0.29) is 23.2 Å². The van der Waals surface area contributed by atoms with Crippen LogP contribution in [0.1, 0.15) is 47.8 Å². The lowest BCUT2D eigenvalue weighted by atomic mass is 10.0. The van der Waals surface area contributed by atoms with Gasteiger partial charge in [0.15, 0.2) is 0 Å². The Labute approximate surface area is 186 Å². The summed E-state index contributed by atoms with van der Waals surface area (Å²) in [4.78, 5) is 14.7. The standard InChI is InChI=1S/C24H30F3N3O2/c1-16-5-8-19(14-21(16)29-23(2,3)4)28-22(31)17-6-7-18(20(13-17)24(25,26)27)15-30-9-11-32-12-10-30/h5-8,13-14,29H,9-12,15H2,1-4H3,(H,28,31). The maximum atomic E-state index is 13.7. The zero-order valence-electron chi connectivity index (χ0n) is 18.9. The predicted octanol–water partition coefficient (Wildman–Crippen LogP) is 5.31. The molecule has 0 saturated carbocycles. The van der Waals surface area contributed by atoms with Gasteiger partial charge in [-0.25, -0.2) is 0 Å². The number of anilines is 2. The van der Waals surface area contributed by atoms with Crippen molar-refractivity contribution in [2.45, 2.75) is 46.0 Å². The highest BCUT2D eigenvalue weighted by Gasteiger charge is 2.34. The Hall–Kier alpha value is -2.58. The maximum absolute atomic E-state index is 13.7. The minimum Gasteiger partial charge on any atom is -0.380 e. The quantitative estimate of drug-likeness (QED) is 0.650. The van der Waals surface area contributed by atoms with Gasteiger partial charge in [0.05, 0.1) is 18.8 Å². The fraction of sp³-hybridized carbons (Fsp3) is 0.458. The molecule has 1 saturated heterocycles. The van der Waals surface area contributed by atoms with Gasteiger partial charge in [-0.05, 0) is 63.1 Å². The fourth-order valence-electron chi connectivity index (χ4n) is 3.56. The van der Waals surface area contributed by atoms with Crippen LogP contribution in [0.2, 0.25) is 0 Å². The van der Waals surface area contributed by atoms with E-state index in [2.05, 4.69) is 10.6 Å². The van der Waals surface area contributed by atoms with Gasteiger partial charge in [0.2, 0.25) is 0 Å². The van der Waals surface area contributed by atoms with Crippen molar-refractivity contribution in [2.24, 2.45) is 0 Å². The van der Waals surface area contributed by atoms with Crippen LogP contribution in [0, 0.1) is 6.92 Å². The number of rotatable bonds is 5. The molecule has 0 atom stereocenters. The summed E-state index contributed by atoms with van der Waals surface area (Å²) in [7, 11) is 0. The smallest absolute Gasteiger partial charge is 0.380 e. The van der Waals surface area contributed by atoms with Crippen molar-refractivity contribution in [3.05, 3.63) is 58.7 Å². The first-order chi connectivity index (χ1) is 14.9. The molecule has 0 unspecified atom stereocenters. The summed E-state index contributed by atoms with van der Waals surface area (Å²) < 4.78 is 46.5. The van der Waals surface area contributed by atoms with Gasteiger partial charge >= 0.3 is 6.18 Å². The molecule has 1 aliphatic heterocycles. The van der Waals surface area contributed by atoms with Gasteiger partial charge in [0.25, 0.3) is 5.91 Å². The van der Waals surface area contributed by atoms with E-state index in [0.717, 1.165) is 17.3 Å². The predicted molar refractivity (Wildman–Crippen MR) is 120 cm³/mol. The molecular weight excluding hydrogens is 419 g/mol. The first-order valence-electron chi connectivity index (χ1n) is 10.6. The molecule has 2 aromatic carbocycles. The van der Waals surface area contributed by atoms with Crippen LogP contribution in [0.15, 0.2) is 36.4 Å². The van der Waals surface area contributed by atoms with Gasteiger partial charge in [0.1, 0.15) is 0 Å². The number of halogens is 3. The molecule has 1 aliphatic rings. The van der Waals surface area contributed by atoms with Gasteiger partial charge in [-0.2, -0.15) is 13.2 Å². The van der Waals surface area contributed by atoms with E-state index < -0.39 is 17.6 Å². The second-order valence-corrected chi connectivity index (χ2v) is 9.12. The van der Waals surface area contributed by atoms with E-state index in [1.165, 1.54) is 12.1 Å². The molecule has 3 rings (SSSR count). The lowest BCUT2D eigenvalue weighted by Crippen LogP contribution is -2.36. The highest BCUT2D eigenvalue weighted by molar-refractivity contribution is 6.04. The van der Waals surface area contributed by atoms with Crippen molar-refractivity contribution in [1.29, 1.82) is 0 Å².